The number of nitrogens with zero attached hydrogens (tertiary/aromatic N) is 2. The SMILES string of the molecule is CC(C)(C)NC(=O)C1CCCN(Cc2cccc(C#N)c2)C1. The second kappa shape index (κ2) is 6.93. The Morgan fingerprint density at radius 1 is 1.45 bits per heavy atom. The van der Waals surface area contributed by atoms with Gasteiger partial charge < -0.3 is 5.32 Å². The number of benzene rings is 1. The summed E-state index contributed by atoms with van der Waals surface area (Å²) in [5, 5.41) is 12.1. The monoisotopic (exact) mass is 299 g/mol. The van der Waals surface area contributed by atoms with Crippen molar-refractivity contribution in [2.45, 2.75) is 45.7 Å². The molecule has 1 unspecified atom stereocenters. The molecular weight excluding hydrogens is 274 g/mol. The van der Waals surface area contributed by atoms with E-state index in [0.29, 0.717) is 5.56 Å². The van der Waals surface area contributed by atoms with Crippen molar-refractivity contribution in [1.29, 1.82) is 5.26 Å². The first-order valence-corrected chi connectivity index (χ1v) is 7.91. The minimum absolute atomic E-state index is 0.0622. The highest BCUT2D eigenvalue weighted by molar-refractivity contribution is 5.79. The molecule has 22 heavy (non-hydrogen) atoms. The molecule has 1 heterocycles. The van der Waals surface area contributed by atoms with Crippen LogP contribution in [0.3, 0.4) is 0 Å². The quantitative estimate of drug-likeness (QED) is 0.933. The molecule has 2 rings (SSSR count). The van der Waals surface area contributed by atoms with Crippen molar-refractivity contribution >= 4 is 5.91 Å². The van der Waals surface area contributed by atoms with Crippen molar-refractivity contribution in [2.24, 2.45) is 5.92 Å². The second-order valence-electron chi connectivity index (χ2n) is 7.13. The van der Waals surface area contributed by atoms with Gasteiger partial charge >= 0.3 is 0 Å². The van der Waals surface area contributed by atoms with Crippen molar-refractivity contribution in [3.8, 4) is 6.07 Å². The summed E-state index contributed by atoms with van der Waals surface area (Å²) < 4.78 is 0. The van der Waals surface area contributed by atoms with Crippen molar-refractivity contribution in [3.05, 3.63) is 35.4 Å². The van der Waals surface area contributed by atoms with Gasteiger partial charge in [0.2, 0.25) is 5.91 Å². The lowest BCUT2D eigenvalue weighted by molar-refractivity contribution is -0.128. The van der Waals surface area contributed by atoms with Gasteiger partial charge in [-0.3, -0.25) is 9.69 Å². The largest absolute Gasteiger partial charge is 0.351 e. The van der Waals surface area contributed by atoms with Crippen molar-refractivity contribution in [1.82, 2.24) is 10.2 Å². The maximum atomic E-state index is 12.3. The number of likely N-dealkylation sites (tertiary alicyclic amines) is 1. The maximum absolute atomic E-state index is 12.3. The summed E-state index contributed by atoms with van der Waals surface area (Å²) in [6.45, 7) is 8.64. The molecule has 0 spiro atoms. The third-order valence-corrected chi connectivity index (χ3v) is 3.84. The fourth-order valence-corrected chi connectivity index (χ4v) is 2.88. The van der Waals surface area contributed by atoms with Crippen LogP contribution in [-0.2, 0) is 11.3 Å². The molecule has 1 fully saturated rings. The average molecular weight is 299 g/mol. The van der Waals surface area contributed by atoms with Gasteiger partial charge in [0.05, 0.1) is 17.6 Å². The van der Waals surface area contributed by atoms with Crippen molar-refractivity contribution < 1.29 is 4.79 Å². The number of nitrogens with one attached hydrogen (secondary N) is 1. The Morgan fingerprint density at radius 3 is 2.91 bits per heavy atom. The summed E-state index contributed by atoms with van der Waals surface area (Å²) in [6, 6.07) is 9.88. The van der Waals surface area contributed by atoms with Gasteiger partial charge in [-0.2, -0.15) is 5.26 Å². The van der Waals surface area contributed by atoms with Gasteiger partial charge in [0.15, 0.2) is 0 Å². The van der Waals surface area contributed by atoms with E-state index in [1.165, 1.54) is 0 Å². The molecule has 0 aliphatic carbocycles. The number of nitriles is 1. The van der Waals surface area contributed by atoms with E-state index in [9.17, 15) is 4.79 Å². The highest BCUT2D eigenvalue weighted by atomic mass is 16.2. The van der Waals surface area contributed by atoms with Crippen molar-refractivity contribution in [2.75, 3.05) is 13.1 Å². The highest BCUT2D eigenvalue weighted by Gasteiger charge is 2.27. The zero-order valence-corrected chi connectivity index (χ0v) is 13.7. The Morgan fingerprint density at radius 2 is 2.23 bits per heavy atom. The number of carbonyl (C=O) groups is 1. The molecule has 1 aromatic rings. The van der Waals surface area contributed by atoms with E-state index in [1.807, 2.05) is 45.0 Å². The number of hydrogen-bond donors (Lipinski definition) is 1. The second-order valence-corrected chi connectivity index (χ2v) is 7.13. The predicted octanol–water partition coefficient (Wildman–Crippen LogP) is 2.68. The van der Waals surface area contributed by atoms with Crippen LogP contribution in [0.4, 0.5) is 0 Å². The summed E-state index contributed by atoms with van der Waals surface area (Å²) >= 11 is 0. The molecule has 1 amide bonds. The molecule has 0 radical (unpaired) electrons. The number of rotatable bonds is 3. The minimum atomic E-state index is -0.180. The van der Waals surface area contributed by atoms with Crippen LogP contribution in [0.1, 0.15) is 44.7 Å². The third-order valence-electron chi connectivity index (χ3n) is 3.84. The topological polar surface area (TPSA) is 56.1 Å². The minimum Gasteiger partial charge on any atom is -0.351 e. The van der Waals surface area contributed by atoms with Crippen LogP contribution >= 0.6 is 0 Å². The number of hydrogen-bond acceptors (Lipinski definition) is 3. The van der Waals surface area contributed by atoms with Crippen LogP contribution in [0.2, 0.25) is 0 Å². The Bertz CT molecular complexity index is 568. The van der Waals surface area contributed by atoms with Crippen LogP contribution in [-0.4, -0.2) is 29.4 Å². The Balaban J connectivity index is 1.96. The maximum Gasteiger partial charge on any atom is 0.224 e. The molecule has 4 nitrogen and oxygen atoms in total. The summed E-state index contributed by atoms with van der Waals surface area (Å²) in [6.07, 6.45) is 2.00. The van der Waals surface area contributed by atoms with Gasteiger partial charge in [-0.05, 0) is 57.9 Å². The first kappa shape index (κ1) is 16.5. The van der Waals surface area contributed by atoms with E-state index in [1.54, 1.807) is 0 Å². The summed E-state index contributed by atoms with van der Waals surface area (Å²) in [5.41, 5.74) is 1.65. The lowest BCUT2D eigenvalue weighted by Crippen LogP contribution is -2.48. The highest BCUT2D eigenvalue weighted by Crippen LogP contribution is 2.20. The normalized spacial score (nSPS) is 19.5. The van der Waals surface area contributed by atoms with Crippen LogP contribution in [0.15, 0.2) is 24.3 Å². The molecule has 1 atom stereocenters. The molecule has 1 N–H and O–H groups in total. The molecule has 118 valence electrons. The first-order valence-electron chi connectivity index (χ1n) is 7.91. The van der Waals surface area contributed by atoms with Gasteiger partial charge in [0, 0.05) is 18.6 Å². The van der Waals surface area contributed by atoms with E-state index in [-0.39, 0.29) is 17.4 Å². The van der Waals surface area contributed by atoms with Crippen LogP contribution < -0.4 is 5.32 Å². The van der Waals surface area contributed by atoms with Crippen LogP contribution in [0.5, 0.6) is 0 Å². The van der Waals surface area contributed by atoms with E-state index >= 15 is 0 Å². The summed E-state index contributed by atoms with van der Waals surface area (Å²) in [5.74, 6) is 0.218. The third kappa shape index (κ3) is 4.85. The molecule has 1 aliphatic rings. The van der Waals surface area contributed by atoms with Gasteiger partial charge in [-0.15, -0.1) is 0 Å². The molecule has 1 saturated heterocycles. The van der Waals surface area contributed by atoms with Gasteiger partial charge in [-0.1, -0.05) is 12.1 Å². The Labute approximate surface area is 133 Å². The predicted molar refractivity (Wildman–Crippen MR) is 87.1 cm³/mol. The van der Waals surface area contributed by atoms with Crippen LogP contribution in [0, 0.1) is 17.2 Å². The number of amides is 1. The van der Waals surface area contributed by atoms with Crippen molar-refractivity contribution in [3.63, 3.8) is 0 Å². The smallest absolute Gasteiger partial charge is 0.224 e. The van der Waals surface area contributed by atoms with Crippen LogP contribution in [0.25, 0.3) is 0 Å². The molecule has 0 aromatic heterocycles. The van der Waals surface area contributed by atoms with E-state index < -0.39 is 0 Å². The zero-order chi connectivity index (χ0) is 16.2. The Hall–Kier alpha value is -1.86. The Kier molecular flexibility index (Phi) is 5.20. The van der Waals surface area contributed by atoms with Gasteiger partial charge in [0.25, 0.3) is 0 Å². The van der Waals surface area contributed by atoms with Gasteiger partial charge in [-0.25, -0.2) is 0 Å². The van der Waals surface area contributed by atoms with Gasteiger partial charge in [0.1, 0.15) is 0 Å². The summed E-state index contributed by atoms with van der Waals surface area (Å²) in [7, 11) is 0. The first-order chi connectivity index (χ1) is 10.4. The molecular formula is C18H25N3O. The average Bonchev–Trinajstić information content (AvgIpc) is 2.46. The van der Waals surface area contributed by atoms with E-state index in [2.05, 4.69) is 16.3 Å². The number of piperidine rings is 1. The lowest BCUT2D eigenvalue weighted by atomic mass is 9.95. The molecule has 1 aliphatic heterocycles. The summed E-state index contributed by atoms with van der Waals surface area (Å²) in [4.78, 5) is 14.6. The standard InChI is InChI=1S/C18H25N3O/c1-18(2,3)20-17(22)16-8-5-9-21(13-16)12-15-7-4-6-14(10-15)11-19/h4,6-7,10,16H,5,8-9,12-13H2,1-3H3,(H,20,22). The lowest BCUT2D eigenvalue weighted by Gasteiger charge is -2.33. The fraction of sp³-hybridized carbons (Fsp3) is 0.556. The van der Waals surface area contributed by atoms with E-state index in [4.69, 9.17) is 5.26 Å². The molecule has 0 bridgehead atoms. The zero-order valence-electron chi connectivity index (χ0n) is 13.7. The fourth-order valence-electron chi connectivity index (χ4n) is 2.88. The molecule has 1 aromatic carbocycles. The van der Waals surface area contributed by atoms with E-state index in [0.717, 1.165) is 38.0 Å². The number of carbonyl (C=O) groups excluding carboxylic acids is 1. The molecule has 4 heteroatoms. The molecule has 0 saturated carbocycles.